The minimum atomic E-state index is 0.758. The van der Waals surface area contributed by atoms with Crippen molar-refractivity contribution in [2.24, 2.45) is 16.8 Å². The molecule has 0 amide bonds. The van der Waals surface area contributed by atoms with E-state index in [1.807, 2.05) is 7.05 Å². The number of piperidine rings is 1. The van der Waals surface area contributed by atoms with E-state index in [1.54, 1.807) is 0 Å². The van der Waals surface area contributed by atoms with E-state index in [9.17, 15) is 0 Å². The molecule has 0 aromatic rings. The van der Waals surface area contributed by atoms with Crippen LogP contribution in [0.25, 0.3) is 0 Å². The van der Waals surface area contributed by atoms with E-state index in [0.29, 0.717) is 0 Å². The molecule has 1 unspecified atom stereocenters. The molecule has 1 heterocycles. The number of rotatable bonds is 7. The van der Waals surface area contributed by atoms with Gasteiger partial charge in [-0.25, -0.2) is 0 Å². The van der Waals surface area contributed by atoms with Crippen LogP contribution >= 0.6 is 0 Å². The predicted molar refractivity (Wildman–Crippen MR) is 92.9 cm³/mol. The van der Waals surface area contributed by atoms with E-state index in [1.165, 1.54) is 45.3 Å². The molecule has 0 aromatic heterocycles. The van der Waals surface area contributed by atoms with Gasteiger partial charge in [0.1, 0.15) is 0 Å². The highest BCUT2D eigenvalue weighted by atomic mass is 15.3. The molecule has 1 fully saturated rings. The van der Waals surface area contributed by atoms with E-state index in [2.05, 4.69) is 47.9 Å². The van der Waals surface area contributed by atoms with Crippen LogP contribution in [0.15, 0.2) is 4.99 Å². The first-order valence-electron chi connectivity index (χ1n) is 8.70. The number of nitrogens with zero attached hydrogens (tertiary/aromatic N) is 3. The van der Waals surface area contributed by atoms with Gasteiger partial charge in [0.25, 0.3) is 0 Å². The fourth-order valence-corrected chi connectivity index (χ4v) is 3.12. The number of nitrogens with one attached hydrogen (secondary N) is 1. The third-order valence-electron chi connectivity index (χ3n) is 4.20. The molecule has 0 aliphatic carbocycles. The summed E-state index contributed by atoms with van der Waals surface area (Å²) in [6.07, 6.45) is 5.14. The molecule has 0 aromatic carbocycles. The van der Waals surface area contributed by atoms with Gasteiger partial charge < -0.3 is 15.1 Å². The normalized spacial score (nSPS) is 20.9. The lowest BCUT2D eigenvalue weighted by Crippen LogP contribution is -2.45. The molecule has 124 valence electrons. The molecule has 1 aliphatic heterocycles. The lowest BCUT2D eigenvalue weighted by atomic mass is 9.97. The van der Waals surface area contributed by atoms with Crippen LogP contribution in [0.4, 0.5) is 0 Å². The highest BCUT2D eigenvalue weighted by Gasteiger charge is 2.20. The van der Waals surface area contributed by atoms with Crippen molar-refractivity contribution < 1.29 is 0 Å². The molecule has 0 radical (unpaired) electrons. The van der Waals surface area contributed by atoms with Gasteiger partial charge in [-0.3, -0.25) is 4.99 Å². The molecule has 1 aliphatic rings. The fraction of sp³-hybridized carbons (Fsp3) is 0.941. The predicted octanol–water partition coefficient (Wildman–Crippen LogP) is 2.66. The van der Waals surface area contributed by atoms with Crippen molar-refractivity contribution in [3.8, 4) is 0 Å². The first-order valence-corrected chi connectivity index (χ1v) is 8.70. The van der Waals surface area contributed by atoms with Gasteiger partial charge in [0.2, 0.25) is 0 Å². The van der Waals surface area contributed by atoms with Crippen LogP contribution in [0.2, 0.25) is 0 Å². The van der Waals surface area contributed by atoms with Gasteiger partial charge in [-0.1, -0.05) is 27.2 Å². The lowest BCUT2D eigenvalue weighted by Gasteiger charge is -2.34. The molecule has 4 nitrogen and oxygen atoms in total. The van der Waals surface area contributed by atoms with Crippen LogP contribution in [0.5, 0.6) is 0 Å². The average molecular weight is 297 g/mol. The second-order valence-electron chi connectivity index (χ2n) is 6.86. The van der Waals surface area contributed by atoms with E-state index in [0.717, 1.165) is 30.9 Å². The summed E-state index contributed by atoms with van der Waals surface area (Å²) in [5.41, 5.74) is 0. The van der Waals surface area contributed by atoms with Crippen LogP contribution in [-0.2, 0) is 0 Å². The van der Waals surface area contributed by atoms with Crippen molar-refractivity contribution in [2.75, 3.05) is 46.8 Å². The second-order valence-corrected chi connectivity index (χ2v) is 6.86. The Kier molecular flexibility index (Phi) is 8.74. The molecular weight excluding hydrogens is 260 g/mol. The Morgan fingerprint density at radius 2 is 2.19 bits per heavy atom. The van der Waals surface area contributed by atoms with E-state index < -0.39 is 0 Å². The SMILES string of the molecule is CCCCN(C)C(=NC)NCC1CCCN(CC(C)C)C1. The van der Waals surface area contributed by atoms with Gasteiger partial charge in [0, 0.05) is 40.3 Å². The molecule has 0 saturated carbocycles. The first kappa shape index (κ1) is 18.3. The van der Waals surface area contributed by atoms with Gasteiger partial charge in [-0.05, 0) is 37.6 Å². The van der Waals surface area contributed by atoms with Gasteiger partial charge >= 0.3 is 0 Å². The van der Waals surface area contributed by atoms with Gasteiger partial charge in [0.15, 0.2) is 5.96 Å². The van der Waals surface area contributed by atoms with Crippen molar-refractivity contribution in [2.45, 2.75) is 46.5 Å². The van der Waals surface area contributed by atoms with E-state index in [-0.39, 0.29) is 0 Å². The maximum absolute atomic E-state index is 4.41. The molecule has 1 rings (SSSR count). The van der Waals surface area contributed by atoms with Crippen molar-refractivity contribution in [1.29, 1.82) is 0 Å². The molecule has 1 atom stereocenters. The molecule has 0 spiro atoms. The second kappa shape index (κ2) is 10.0. The minimum Gasteiger partial charge on any atom is -0.356 e. The summed E-state index contributed by atoms with van der Waals surface area (Å²) < 4.78 is 0. The van der Waals surface area contributed by atoms with Crippen LogP contribution in [0.3, 0.4) is 0 Å². The monoisotopic (exact) mass is 296 g/mol. The highest BCUT2D eigenvalue weighted by molar-refractivity contribution is 5.79. The number of hydrogen-bond acceptors (Lipinski definition) is 2. The van der Waals surface area contributed by atoms with Crippen LogP contribution < -0.4 is 5.32 Å². The Hall–Kier alpha value is -0.770. The topological polar surface area (TPSA) is 30.9 Å². The quantitative estimate of drug-likeness (QED) is 0.579. The maximum atomic E-state index is 4.41. The Labute approximate surface area is 132 Å². The summed E-state index contributed by atoms with van der Waals surface area (Å²) in [7, 11) is 4.02. The Bertz CT molecular complexity index is 301. The van der Waals surface area contributed by atoms with Crippen molar-refractivity contribution in [3.05, 3.63) is 0 Å². The van der Waals surface area contributed by atoms with Gasteiger partial charge in [-0.2, -0.15) is 0 Å². The summed E-state index contributed by atoms with van der Waals surface area (Å²) in [5, 5.41) is 3.57. The minimum absolute atomic E-state index is 0.758. The summed E-state index contributed by atoms with van der Waals surface area (Å²) in [5.74, 6) is 2.57. The van der Waals surface area contributed by atoms with Crippen molar-refractivity contribution in [1.82, 2.24) is 15.1 Å². The zero-order valence-corrected chi connectivity index (χ0v) is 14.9. The lowest BCUT2D eigenvalue weighted by molar-refractivity contribution is 0.159. The molecular formula is C17H36N4. The number of likely N-dealkylation sites (tertiary alicyclic amines) is 1. The van der Waals surface area contributed by atoms with Gasteiger partial charge in [0.05, 0.1) is 0 Å². The number of guanidine groups is 1. The van der Waals surface area contributed by atoms with Crippen LogP contribution in [0.1, 0.15) is 46.5 Å². The Morgan fingerprint density at radius 1 is 1.43 bits per heavy atom. The molecule has 0 bridgehead atoms. The fourth-order valence-electron chi connectivity index (χ4n) is 3.12. The van der Waals surface area contributed by atoms with Crippen molar-refractivity contribution >= 4 is 5.96 Å². The summed E-state index contributed by atoms with van der Waals surface area (Å²) in [6, 6.07) is 0. The van der Waals surface area contributed by atoms with Gasteiger partial charge in [-0.15, -0.1) is 0 Å². The summed E-state index contributed by atoms with van der Waals surface area (Å²) in [6.45, 7) is 12.7. The average Bonchev–Trinajstić information content (AvgIpc) is 2.45. The smallest absolute Gasteiger partial charge is 0.193 e. The third-order valence-corrected chi connectivity index (χ3v) is 4.20. The van der Waals surface area contributed by atoms with Crippen molar-refractivity contribution in [3.63, 3.8) is 0 Å². The standard InChI is InChI=1S/C17H36N4/c1-6-7-10-20(5)17(18-4)19-12-16-9-8-11-21(14-16)13-15(2)3/h15-16H,6-14H2,1-5H3,(H,18,19). The number of unbranched alkanes of at least 4 members (excludes halogenated alkanes) is 1. The van der Waals surface area contributed by atoms with Crippen LogP contribution in [-0.4, -0.2) is 62.6 Å². The van der Waals surface area contributed by atoms with Crippen LogP contribution in [0, 0.1) is 11.8 Å². The maximum Gasteiger partial charge on any atom is 0.193 e. The zero-order chi connectivity index (χ0) is 15.7. The van der Waals surface area contributed by atoms with E-state index >= 15 is 0 Å². The Balaban J connectivity index is 2.35. The highest BCUT2D eigenvalue weighted by Crippen LogP contribution is 2.16. The largest absolute Gasteiger partial charge is 0.356 e. The molecule has 1 saturated heterocycles. The molecule has 1 N–H and O–H groups in total. The Morgan fingerprint density at radius 3 is 2.81 bits per heavy atom. The van der Waals surface area contributed by atoms with E-state index in [4.69, 9.17) is 0 Å². The molecule has 4 heteroatoms. The zero-order valence-electron chi connectivity index (χ0n) is 14.9. The number of aliphatic imine (C=N–C) groups is 1. The summed E-state index contributed by atoms with van der Waals surface area (Å²) in [4.78, 5) is 9.29. The third kappa shape index (κ3) is 7.16. The molecule has 21 heavy (non-hydrogen) atoms. The summed E-state index contributed by atoms with van der Waals surface area (Å²) >= 11 is 0. The first-order chi connectivity index (χ1) is 10.1. The number of hydrogen-bond donors (Lipinski definition) is 1.